The molecule has 5 nitrogen and oxygen atoms in total. The maximum absolute atomic E-state index is 12.8. The molecule has 1 N–H and O–H groups in total. The predicted octanol–water partition coefficient (Wildman–Crippen LogP) is 4.23. The van der Waals surface area contributed by atoms with E-state index in [1.54, 1.807) is 6.92 Å². The van der Waals surface area contributed by atoms with Gasteiger partial charge in [0.25, 0.3) is 0 Å². The summed E-state index contributed by atoms with van der Waals surface area (Å²) in [5.74, 6) is -0.527. The summed E-state index contributed by atoms with van der Waals surface area (Å²) < 4.78 is 43.1. The topological polar surface area (TPSA) is 74.5 Å². The first-order valence-corrected chi connectivity index (χ1v) is 6.90. The predicted molar refractivity (Wildman–Crippen MR) is 79.5 cm³/mol. The molecule has 0 fully saturated rings. The van der Waals surface area contributed by atoms with Crippen LogP contribution in [0, 0.1) is 11.3 Å². The highest BCUT2D eigenvalue weighted by Crippen LogP contribution is 2.41. The zero-order chi connectivity index (χ0) is 17.6. The Hall–Kier alpha value is -1.98. The molecule has 10 heteroatoms. The fraction of sp³-hybridized carbons (Fsp3) is 0.308. The summed E-state index contributed by atoms with van der Waals surface area (Å²) in [6.45, 7) is 1.85. The molecule has 0 aliphatic heterocycles. The van der Waals surface area contributed by atoms with Crippen LogP contribution in [0.1, 0.15) is 24.5 Å². The van der Waals surface area contributed by atoms with Crippen molar-refractivity contribution in [2.24, 2.45) is 5.10 Å². The van der Waals surface area contributed by atoms with E-state index in [2.05, 4.69) is 15.3 Å². The second-order valence-electron chi connectivity index (χ2n) is 4.01. The van der Waals surface area contributed by atoms with Gasteiger partial charge < -0.3 is 4.74 Å². The fourth-order valence-electron chi connectivity index (χ4n) is 1.50. The van der Waals surface area contributed by atoms with Gasteiger partial charge in [-0.15, -0.1) is 0 Å². The molecule has 0 saturated carbocycles. The van der Waals surface area contributed by atoms with Gasteiger partial charge >= 0.3 is 12.1 Å². The standard InChI is InChI=1S/C13H10Cl2F3N3O2/c1-2-23-10(22)3-4-20-21-12-9(14)5-8(13(16,17)18)7(6-19)11(12)15/h4-5,21H,2-3H2,1H3/b20-4+. The van der Waals surface area contributed by atoms with Crippen LogP contribution in [0.15, 0.2) is 11.2 Å². The van der Waals surface area contributed by atoms with Gasteiger partial charge in [-0.2, -0.15) is 23.5 Å². The van der Waals surface area contributed by atoms with E-state index in [0.717, 1.165) is 6.21 Å². The molecule has 0 unspecified atom stereocenters. The van der Waals surface area contributed by atoms with Gasteiger partial charge in [0.1, 0.15) is 6.07 Å². The lowest BCUT2D eigenvalue weighted by Crippen LogP contribution is -2.09. The molecule has 0 aliphatic carbocycles. The zero-order valence-corrected chi connectivity index (χ0v) is 13.2. The third kappa shape index (κ3) is 5.01. The van der Waals surface area contributed by atoms with E-state index in [4.69, 9.17) is 28.5 Å². The van der Waals surface area contributed by atoms with E-state index in [9.17, 15) is 18.0 Å². The van der Waals surface area contributed by atoms with Crippen molar-refractivity contribution >= 4 is 41.1 Å². The Morgan fingerprint density at radius 2 is 2.17 bits per heavy atom. The van der Waals surface area contributed by atoms with Crippen LogP contribution in [0.3, 0.4) is 0 Å². The van der Waals surface area contributed by atoms with Crippen molar-refractivity contribution in [2.45, 2.75) is 19.5 Å². The number of carbonyl (C=O) groups is 1. The van der Waals surface area contributed by atoms with Crippen LogP contribution < -0.4 is 5.43 Å². The Balaban J connectivity index is 3.04. The summed E-state index contributed by atoms with van der Waals surface area (Å²) >= 11 is 11.5. The van der Waals surface area contributed by atoms with Gasteiger partial charge in [0.05, 0.1) is 39.9 Å². The number of anilines is 1. The lowest BCUT2D eigenvalue weighted by atomic mass is 10.1. The Morgan fingerprint density at radius 1 is 1.52 bits per heavy atom. The average Bonchev–Trinajstić information content (AvgIpc) is 2.45. The number of carbonyl (C=O) groups excluding carboxylic acids is 1. The molecular weight excluding hydrogens is 358 g/mol. The molecule has 124 valence electrons. The quantitative estimate of drug-likeness (QED) is 0.479. The van der Waals surface area contributed by atoms with E-state index in [1.165, 1.54) is 6.07 Å². The van der Waals surface area contributed by atoms with Crippen molar-refractivity contribution in [3.63, 3.8) is 0 Å². The van der Waals surface area contributed by atoms with E-state index in [0.29, 0.717) is 6.07 Å². The molecule has 0 heterocycles. The number of nitrogens with zero attached hydrogens (tertiary/aromatic N) is 2. The number of halogens is 5. The molecule has 1 rings (SSSR count). The van der Waals surface area contributed by atoms with Gasteiger partial charge in [-0.1, -0.05) is 23.2 Å². The third-order valence-corrected chi connectivity index (χ3v) is 3.14. The first kappa shape index (κ1) is 19.1. The second-order valence-corrected chi connectivity index (χ2v) is 4.80. The van der Waals surface area contributed by atoms with Crippen molar-refractivity contribution in [2.75, 3.05) is 12.0 Å². The largest absolute Gasteiger partial charge is 0.466 e. The molecule has 0 aliphatic rings. The van der Waals surface area contributed by atoms with Crippen molar-refractivity contribution < 1.29 is 22.7 Å². The van der Waals surface area contributed by atoms with Crippen LogP contribution >= 0.6 is 23.2 Å². The highest BCUT2D eigenvalue weighted by molar-refractivity contribution is 6.40. The Labute approximate surface area is 139 Å². The smallest absolute Gasteiger partial charge is 0.417 e. The van der Waals surface area contributed by atoms with Crippen molar-refractivity contribution in [3.05, 3.63) is 27.2 Å². The number of hydrazone groups is 1. The van der Waals surface area contributed by atoms with Gasteiger partial charge in [0, 0.05) is 6.21 Å². The number of hydrogen-bond acceptors (Lipinski definition) is 5. The molecule has 0 amide bonds. The summed E-state index contributed by atoms with van der Waals surface area (Å²) in [7, 11) is 0. The molecule has 1 aromatic rings. The summed E-state index contributed by atoms with van der Waals surface area (Å²) in [6, 6.07) is 1.97. The molecule has 1 aromatic carbocycles. The van der Waals surface area contributed by atoms with Crippen LogP contribution in [0.4, 0.5) is 18.9 Å². The highest BCUT2D eigenvalue weighted by Gasteiger charge is 2.36. The lowest BCUT2D eigenvalue weighted by Gasteiger charge is -2.14. The maximum Gasteiger partial charge on any atom is 0.417 e. The molecule has 23 heavy (non-hydrogen) atoms. The molecular formula is C13H10Cl2F3N3O2. The Morgan fingerprint density at radius 3 is 2.70 bits per heavy atom. The number of rotatable bonds is 5. The third-order valence-electron chi connectivity index (χ3n) is 2.47. The van der Waals surface area contributed by atoms with Gasteiger partial charge in [0.15, 0.2) is 0 Å². The number of nitrogens with one attached hydrogen (secondary N) is 1. The molecule has 0 spiro atoms. The van der Waals surface area contributed by atoms with Gasteiger partial charge in [0.2, 0.25) is 0 Å². The maximum atomic E-state index is 12.8. The molecule has 0 saturated heterocycles. The number of alkyl halides is 3. The Kier molecular flexibility index (Phi) is 6.66. The average molecular weight is 368 g/mol. The van der Waals surface area contributed by atoms with Crippen molar-refractivity contribution in [1.82, 2.24) is 0 Å². The number of ether oxygens (including phenoxy) is 1. The van der Waals surface area contributed by atoms with Gasteiger partial charge in [-0.05, 0) is 13.0 Å². The number of esters is 1. The second kappa shape index (κ2) is 8.04. The van der Waals surface area contributed by atoms with Crippen LogP contribution in [-0.2, 0) is 15.7 Å². The summed E-state index contributed by atoms with van der Waals surface area (Å²) in [5, 5.41) is 11.6. The van der Waals surface area contributed by atoms with Crippen LogP contribution in [-0.4, -0.2) is 18.8 Å². The first-order valence-electron chi connectivity index (χ1n) is 6.14. The number of benzene rings is 1. The van der Waals surface area contributed by atoms with E-state index in [1.807, 2.05) is 0 Å². The van der Waals surface area contributed by atoms with Gasteiger partial charge in [-0.25, -0.2) is 0 Å². The van der Waals surface area contributed by atoms with E-state index >= 15 is 0 Å². The number of hydrogen-bond donors (Lipinski definition) is 1. The summed E-state index contributed by atoms with van der Waals surface area (Å²) in [4.78, 5) is 11.1. The zero-order valence-electron chi connectivity index (χ0n) is 11.7. The summed E-state index contributed by atoms with van der Waals surface area (Å²) in [6.07, 6.45) is -3.79. The van der Waals surface area contributed by atoms with E-state index < -0.39 is 28.3 Å². The minimum Gasteiger partial charge on any atom is -0.466 e. The van der Waals surface area contributed by atoms with E-state index in [-0.39, 0.29) is 23.7 Å². The van der Waals surface area contributed by atoms with Crippen LogP contribution in [0.5, 0.6) is 0 Å². The molecule has 0 aromatic heterocycles. The summed E-state index contributed by atoms with van der Waals surface area (Å²) in [5.41, 5.74) is 0.131. The monoisotopic (exact) mass is 367 g/mol. The normalized spacial score (nSPS) is 11.3. The molecule has 0 radical (unpaired) electrons. The molecule has 0 atom stereocenters. The number of nitriles is 1. The van der Waals surface area contributed by atoms with Crippen LogP contribution in [0.25, 0.3) is 0 Å². The van der Waals surface area contributed by atoms with Crippen molar-refractivity contribution in [1.29, 1.82) is 5.26 Å². The Bertz CT molecular complexity index is 670. The first-order chi connectivity index (χ1) is 10.7. The molecule has 0 bridgehead atoms. The minimum absolute atomic E-state index is 0.151. The SMILES string of the molecule is CCOC(=O)C/C=N/Nc1c(Cl)cc(C(F)(F)F)c(C#N)c1Cl. The minimum atomic E-state index is -4.77. The highest BCUT2D eigenvalue weighted by atomic mass is 35.5. The van der Waals surface area contributed by atoms with Crippen LogP contribution in [0.2, 0.25) is 10.0 Å². The van der Waals surface area contributed by atoms with Crippen molar-refractivity contribution in [3.8, 4) is 6.07 Å². The fourth-order valence-corrected chi connectivity index (χ4v) is 2.09. The van der Waals surface area contributed by atoms with Gasteiger partial charge in [-0.3, -0.25) is 10.2 Å². The lowest BCUT2D eigenvalue weighted by molar-refractivity contribution is -0.141.